The van der Waals surface area contributed by atoms with Gasteiger partial charge in [0.1, 0.15) is 17.3 Å². The summed E-state index contributed by atoms with van der Waals surface area (Å²) in [5.41, 5.74) is 0.836. The number of benzene rings is 1. The molecule has 0 spiro atoms. The Morgan fingerprint density at radius 3 is 2.83 bits per heavy atom. The maximum absolute atomic E-state index is 9.91. The minimum Gasteiger partial charge on any atom is -0.507 e. The van der Waals surface area contributed by atoms with E-state index in [0.717, 1.165) is 11.3 Å². The van der Waals surface area contributed by atoms with E-state index in [1.54, 1.807) is 19.4 Å². The Morgan fingerprint density at radius 1 is 1.39 bits per heavy atom. The summed E-state index contributed by atoms with van der Waals surface area (Å²) in [6.45, 7) is 2.62. The molecule has 1 atom stereocenters. The van der Waals surface area contributed by atoms with Crippen molar-refractivity contribution in [2.45, 2.75) is 19.5 Å². The van der Waals surface area contributed by atoms with Crippen LogP contribution in [0.1, 0.15) is 24.3 Å². The minimum atomic E-state index is 0.0287. The minimum absolute atomic E-state index is 0.0287. The Labute approximate surface area is 106 Å². The summed E-state index contributed by atoms with van der Waals surface area (Å²) in [6.07, 6.45) is 1.65. The first kappa shape index (κ1) is 12.5. The topological polar surface area (TPSA) is 54.6 Å². The summed E-state index contributed by atoms with van der Waals surface area (Å²) in [5.74, 6) is 1.75. The number of furan rings is 1. The van der Waals surface area contributed by atoms with Crippen LogP contribution >= 0.6 is 0 Å². The molecule has 2 aromatic rings. The molecule has 4 heteroatoms. The molecule has 18 heavy (non-hydrogen) atoms. The van der Waals surface area contributed by atoms with Crippen LogP contribution in [0.2, 0.25) is 0 Å². The van der Waals surface area contributed by atoms with Crippen molar-refractivity contribution in [2.24, 2.45) is 0 Å². The van der Waals surface area contributed by atoms with Gasteiger partial charge >= 0.3 is 0 Å². The maximum atomic E-state index is 9.91. The molecule has 2 rings (SSSR count). The van der Waals surface area contributed by atoms with Gasteiger partial charge in [-0.3, -0.25) is 0 Å². The average molecular weight is 247 g/mol. The maximum Gasteiger partial charge on any atom is 0.124 e. The molecule has 0 bridgehead atoms. The Hall–Kier alpha value is -1.94. The van der Waals surface area contributed by atoms with Crippen molar-refractivity contribution in [3.05, 3.63) is 47.9 Å². The Bertz CT molecular complexity index is 494. The molecule has 1 aromatic carbocycles. The molecule has 0 aliphatic carbocycles. The molecule has 0 radical (unpaired) electrons. The predicted molar refractivity (Wildman–Crippen MR) is 68.6 cm³/mol. The summed E-state index contributed by atoms with van der Waals surface area (Å²) in [7, 11) is 1.58. The van der Waals surface area contributed by atoms with Crippen LogP contribution in [0.15, 0.2) is 41.0 Å². The highest BCUT2D eigenvalue weighted by Crippen LogP contribution is 2.28. The second-order valence-electron chi connectivity index (χ2n) is 4.11. The number of phenolic OH excluding ortho intramolecular Hbond substituents is 1. The SMILES string of the molecule is COc1ccc(C(C)NCc2ccco2)c(O)c1. The van der Waals surface area contributed by atoms with Crippen LogP contribution in [-0.2, 0) is 6.54 Å². The molecular weight excluding hydrogens is 230 g/mol. The highest BCUT2D eigenvalue weighted by Gasteiger charge is 2.11. The van der Waals surface area contributed by atoms with Gasteiger partial charge in [0.15, 0.2) is 0 Å². The molecule has 1 aromatic heterocycles. The van der Waals surface area contributed by atoms with Gasteiger partial charge in [-0.15, -0.1) is 0 Å². The number of rotatable bonds is 5. The third-order valence-electron chi connectivity index (χ3n) is 2.87. The first-order valence-corrected chi connectivity index (χ1v) is 5.83. The van der Waals surface area contributed by atoms with Crippen molar-refractivity contribution in [3.8, 4) is 11.5 Å². The van der Waals surface area contributed by atoms with E-state index < -0.39 is 0 Å². The lowest BCUT2D eigenvalue weighted by molar-refractivity contribution is 0.402. The van der Waals surface area contributed by atoms with Gasteiger partial charge in [0.05, 0.1) is 19.9 Å². The average Bonchev–Trinajstić information content (AvgIpc) is 2.88. The van der Waals surface area contributed by atoms with Crippen LogP contribution in [-0.4, -0.2) is 12.2 Å². The predicted octanol–water partition coefficient (Wildman–Crippen LogP) is 2.84. The highest BCUT2D eigenvalue weighted by molar-refractivity contribution is 5.41. The van der Waals surface area contributed by atoms with Gasteiger partial charge < -0.3 is 19.6 Å². The molecule has 2 N–H and O–H groups in total. The van der Waals surface area contributed by atoms with Gasteiger partial charge in [-0.25, -0.2) is 0 Å². The lowest BCUT2D eigenvalue weighted by atomic mass is 10.1. The zero-order chi connectivity index (χ0) is 13.0. The Morgan fingerprint density at radius 2 is 2.22 bits per heavy atom. The third kappa shape index (κ3) is 2.84. The Balaban J connectivity index is 2.02. The largest absolute Gasteiger partial charge is 0.507 e. The number of aromatic hydroxyl groups is 1. The highest BCUT2D eigenvalue weighted by atomic mass is 16.5. The monoisotopic (exact) mass is 247 g/mol. The molecular formula is C14H17NO3. The van der Waals surface area contributed by atoms with E-state index in [0.29, 0.717) is 12.3 Å². The smallest absolute Gasteiger partial charge is 0.124 e. The van der Waals surface area contributed by atoms with Crippen LogP contribution in [0, 0.1) is 0 Å². The van der Waals surface area contributed by atoms with Crippen LogP contribution in [0.4, 0.5) is 0 Å². The number of phenols is 1. The van der Waals surface area contributed by atoms with E-state index in [2.05, 4.69) is 5.32 Å². The lowest BCUT2D eigenvalue weighted by Gasteiger charge is -2.15. The van der Waals surface area contributed by atoms with E-state index in [9.17, 15) is 5.11 Å². The Kier molecular flexibility index (Phi) is 3.89. The number of hydrogen-bond acceptors (Lipinski definition) is 4. The van der Waals surface area contributed by atoms with Crippen molar-refractivity contribution in [1.82, 2.24) is 5.32 Å². The van der Waals surface area contributed by atoms with Crippen LogP contribution in [0.3, 0.4) is 0 Å². The zero-order valence-electron chi connectivity index (χ0n) is 10.5. The number of hydrogen-bond donors (Lipinski definition) is 2. The molecule has 1 unspecified atom stereocenters. The van der Waals surface area contributed by atoms with Gasteiger partial charge in [-0.2, -0.15) is 0 Å². The number of ether oxygens (including phenoxy) is 1. The molecule has 96 valence electrons. The third-order valence-corrected chi connectivity index (χ3v) is 2.87. The van der Waals surface area contributed by atoms with E-state index in [1.165, 1.54) is 0 Å². The fourth-order valence-electron chi connectivity index (χ4n) is 1.79. The fourth-order valence-corrected chi connectivity index (χ4v) is 1.79. The van der Waals surface area contributed by atoms with E-state index in [1.807, 2.05) is 31.2 Å². The number of methoxy groups -OCH3 is 1. The summed E-state index contributed by atoms with van der Waals surface area (Å²) in [5, 5.41) is 13.2. The van der Waals surface area contributed by atoms with Gasteiger partial charge in [0, 0.05) is 17.7 Å². The van der Waals surface area contributed by atoms with E-state index in [4.69, 9.17) is 9.15 Å². The van der Waals surface area contributed by atoms with Crippen molar-refractivity contribution in [2.75, 3.05) is 7.11 Å². The molecule has 0 aliphatic heterocycles. The summed E-state index contributed by atoms with van der Waals surface area (Å²) >= 11 is 0. The van der Waals surface area contributed by atoms with Gasteiger partial charge in [0.2, 0.25) is 0 Å². The summed E-state index contributed by atoms with van der Waals surface area (Å²) in [6, 6.07) is 9.09. The van der Waals surface area contributed by atoms with Gasteiger partial charge in [-0.1, -0.05) is 6.07 Å². The quantitative estimate of drug-likeness (QED) is 0.853. The fraction of sp³-hybridized carbons (Fsp3) is 0.286. The van der Waals surface area contributed by atoms with Crippen molar-refractivity contribution < 1.29 is 14.3 Å². The van der Waals surface area contributed by atoms with Gasteiger partial charge in [-0.05, 0) is 25.1 Å². The molecule has 4 nitrogen and oxygen atoms in total. The molecule has 0 amide bonds. The van der Waals surface area contributed by atoms with Crippen LogP contribution in [0.25, 0.3) is 0 Å². The molecule has 0 saturated heterocycles. The van der Waals surface area contributed by atoms with E-state index in [-0.39, 0.29) is 11.8 Å². The normalized spacial score (nSPS) is 12.3. The second kappa shape index (κ2) is 5.60. The number of nitrogens with one attached hydrogen (secondary N) is 1. The molecule has 0 saturated carbocycles. The van der Waals surface area contributed by atoms with Crippen molar-refractivity contribution in [3.63, 3.8) is 0 Å². The summed E-state index contributed by atoms with van der Waals surface area (Å²) in [4.78, 5) is 0. The molecule has 0 fully saturated rings. The molecule has 0 aliphatic rings. The summed E-state index contributed by atoms with van der Waals surface area (Å²) < 4.78 is 10.3. The van der Waals surface area contributed by atoms with Crippen LogP contribution in [0.5, 0.6) is 11.5 Å². The first-order chi connectivity index (χ1) is 8.70. The standard InChI is InChI=1S/C14H17NO3/c1-10(15-9-12-4-3-7-18-12)13-6-5-11(17-2)8-14(13)16/h3-8,10,15-16H,9H2,1-2H3. The van der Waals surface area contributed by atoms with Crippen molar-refractivity contribution in [1.29, 1.82) is 0 Å². The molecule has 1 heterocycles. The zero-order valence-corrected chi connectivity index (χ0v) is 10.5. The van der Waals surface area contributed by atoms with E-state index >= 15 is 0 Å². The first-order valence-electron chi connectivity index (χ1n) is 5.83. The lowest BCUT2D eigenvalue weighted by Crippen LogP contribution is -2.17. The van der Waals surface area contributed by atoms with Crippen molar-refractivity contribution >= 4 is 0 Å². The van der Waals surface area contributed by atoms with Gasteiger partial charge in [0.25, 0.3) is 0 Å². The second-order valence-corrected chi connectivity index (χ2v) is 4.11. The van der Waals surface area contributed by atoms with Crippen LogP contribution < -0.4 is 10.1 Å².